The molecule has 3 heteroatoms. The number of hydrogen-bond acceptors (Lipinski definition) is 1. The highest BCUT2D eigenvalue weighted by atomic mass is 19.1. The highest BCUT2D eigenvalue weighted by Gasteiger charge is 2.28. The first-order valence-corrected chi connectivity index (χ1v) is 7.33. The molecule has 1 aromatic carbocycles. The van der Waals surface area contributed by atoms with E-state index in [1.54, 1.807) is 11.0 Å². The second kappa shape index (κ2) is 5.32. The van der Waals surface area contributed by atoms with Crippen LogP contribution in [0.2, 0.25) is 0 Å². The first-order valence-electron chi connectivity index (χ1n) is 7.33. The fourth-order valence-electron chi connectivity index (χ4n) is 3.42. The maximum atomic E-state index is 14.0. The lowest BCUT2D eigenvalue weighted by Gasteiger charge is -2.30. The molecule has 1 aromatic rings. The van der Waals surface area contributed by atoms with Gasteiger partial charge in [0.1, 0.15) is 5.82 Å². The molecule has 1 aliphatic carbocycles. The maximum Gasteiger partial charge on any atom is 0.227 e. The van der Waals surface area contributed by atoms with Crippen LogP contribution in [0.4, 0.5) is 10.1 Å². The minimum atomic E-state index is -0.253. The predicted molar refractivity (Wildman–Crippen MR) is 73.6 cm³/mol. The Bertz CT molecular complexity index is 480. The van der Waals surface area contributed by atoms with Gasteiger partial charge in [-0.15, -0.1) is 0 Å². The van der Waals surface area contributed by atoms with Gasteiger partial charge in [0, 0.05) is 13.0 Å². The van der Waals surface area contributed by atoms with E-state index >= 15 is 0 Å². The number of anilines is 1. The minimum absolute atomic E-state index is 0.109. The van der Waals surface area contributed by atoms with Gasteiger partial charge in [0.15, 0.2) is 0 Å². The third kappa shape index (κ3) is 2.51. The van der Waals surface area contributed by atoms with E-state index in [2.05, 4.69) is 0 Å². The molecule has 1 fully saturated rings. The van der Waals surface area contributed by atoms with Crippen molar-refractivity contribution in [3.63, 3.8) is 0 Å². The van der Waals surface area contributed by atoms with Crippen LogP contribution in [0.1, 0.15) is 44.1 Å². The summed E-state index contributed by atoms with van der Waals surface area (Å²) in [7, 11) is 0. The van der Waals surface area contributed by atoms with Crippen LogP contribution in [-0.4, -0.2) is 12.5 Å². The second-order valence-electron chi connectivity index (χ2n) is 5.75. The number of benzene rings is 1. The fraction of sp³-hybridized carbons (Fsp3) is 0.562. The summed E-state index contributed by atoms with van der Waals surface area (Å²) in [5.74, 6) is 0.375. The van der Waals surface area contributed by atoms with Gasteiger partial charge in [-0.3, -0.25) is 4.79 Å². The van der Waals surface area contributed by atoms with Gasteiger partial charge in [0.2, 0.25) is 5.91 Å². The largest absolute Gasteiger partial charge is 0.309 e. The maximum absolute atomic E-state index is 14.0. The van der Waals surface area contributed by atoms with Crippen molar-refractivity contribution < 1.29 is 9.18 Å². The molecule has 0 aromatic heterocycles. The van der Waals surface area contributed by atoms with Gasteiger partial charge in [0.05, 0.1) is 5.69 Å². The van der Waals surface area contributed by atoms with Gasteiger partial charge in [0.25, 0.3) is 0 Å². The number of halogens is 1. The van der Waals surface area contributed by atoms with Gasteiger partial charge in [-0.05, 0) is 43.2 Å². The van der Waals surface area contributed by atoms with Crippen molar-refractivity contribution >= 4 is 11.6 Å². The fourth-order valence-corrected chi connectivity index (χ4v) is 3.42. The lowest BCUT2D eigenvalue weighted by molar-refractivity contribution is -0.119. The molecule has 2 aliphatic rings. The lowest BCUT2D eigenvalue weighted by atomic mass is 9.98. The van der Waals surface area contributed by atoms with E-state index in [1.807, 2.05) is 6.07 Å². The lowest BCUT2D eigenvalue weighted by Crippen LogP contribution is -2.37. The molecule has 1 heterocycles. The Morgan fingerprint density at radius 2 is 2.05 bits per heavy atom. The molecule has 0 atom stereocenters. The molecule has 1 aliphatic heterocycles. The topological polar surface area (TPSA) is 20.3 Å². The quantitative estimate of drug-likeness (QED) is 0.795. The van der Waals surface area contributed by atoms with Crippen LogP contribution in [-0.2, 0) is 11.2 Å². The minimum Gasteiger partial charge on any atom is -0.309 e. The number of aryl methyl sites for hydroxylation is 1. The number of fused-ring (bicyclic) bond motifs is 1. The SMILES string of the molecule is O=C(CC1CCCC1)N1CCCc2cccc(F)c21. The van der Waals surface area contributed by atoms with E-state index in [4.69, 9.17) is 0 Å². The Morgan fingerprint density at radius 1 is 1.26 bits per heavy atom. The van der Waals surface area contributed by atoms with E-state index in [9.17, 15) is 9.18 Å². The third-order valence-electron chi connectivity index (χ3n) is 4.41. The van der Waals surface area contributed by atoms with Crippen LogP contribution in [0.3, 0.4) is 0 Å². The van der Waals surface area contributed by atoms with Crippen LogP contribution < -0.4 is 4.90 Å². The summed E-state index contributed by atoms with van der Waals surface area (Å²) in [5.41, 5.74) is 1.52. The summed E-state index contributed by atoms with van der Waals surface area (Å²) < 4.78 is 14.0. The van der Waals surface area contributed by atoms with Crippen LogP contribution in [0, 0.1) is 11.7 Å². The number of carbonyl (C=O) groups excluding carboxylic acids is 1. The molecule has 19 heavy (non-hydrogen) atoms. The average molecular weight is 261 g/mol. The van der Waals surface area contributed by atoms with E-state index < -0.39 is 0 Å². The molecule has 1 amide bonds. The number of nitrogens with zero attached hydrogens (tertiary/aromatic N) is 1. The Balaban J connectivity index is 1.80. The zero-order valence-corrected chi connectivity index (χ0v) is 11.2. The van der Waals surface area contributed by atoms with Gasteiger partial charge in [-0.25, -0.2) is 4.39 Å². The molecule has 0 spiro atoms. The highest BCUT2D eigenvalue weighted by Crippen LogP contribution is 2.33. The number of rotatable bonds is 2. The second-order valence-corrected chi connectivity index (χ2v) is 5.75. The summed E-state index contributed by atoms with van der Waals surface area (Å²) >= 11 is 0. The first-order chi connectivity index (χ1) is 9.25. The molecule has 0 bridgehead atoms. The highest BCUT2D eigenvalue weighted by molar-refractivity contribution is 5.94. The molecule has 0 radical (unpaired) electrons. The van der Waals surface area contributed by atoms with Crippen molar-refractivity contribution in [2.75, 3.05) is 11.4 Å². The Hall–Kier alpha value is -1.38. The standard InChI is InChI=1S/C16H20FNO/c17-14-9-3-7-13-8-4-10-18(16(13)14)15(19)11-12-5-1-2-6-12/h3,7,9,12H,1-2,4-6,8,10-11H2. The average Bonchev–Trinajstić information content (AvgIpc) is 2.91. The monoisotopic (exact) mass is 261 g/mol. The molecular weight excluding hydrogens is 241 g/mol. The van der Waals surface area contributed by atoms with Crippen molar-refractivity contribution in [2.45, 2.75) is 44.9 Å². The Labute approximate surface area is 113 Å². The van der Waals surface area contributed by atoms with E-state index in [1.165, 1.54) is 18.9 Å². The zero-order chi connectivity index (χ0) is 13.2. The molecular formula is C16H20FNO. The number of para-hydroxylation sites is 1. The summed E-state index contributed by atoms with van der Waals surface area (Å²) in [6.07, 6.45) is 7.19. The van der Waals surface area contributed by atoms with Gasteiger partial charge in [-0.2, -0.15) is 0 Å². The van der Waals surface area contributed by atoms with Crippen LogP contribution in [0.15, 0.2) is 18.2 Å². The van der Waals surface area contributed by atoms with Crippen molar-refractivity contribution in [1.29, 1.82) is 0 Å². The van der Waals surface area contributed by atoms with Crippen molar-refractivity contribution in [2.24, 2.45) is 5.92 Å². The predicted octanol–water partition coefficient (Wildman–Crippen LogP) is 3.69. The van der Waals surface area contributed by atoms with Crippen molar-refractivity contribution in [3.05, 3.63) is 29.6 Å². The van der Waals surface area contributed by atoms with Gasteiger partial charge < -0.3 is 4.90 Å². The van der Waals surface area contributed by atoms with Crippen LogP contribution in [0.5, 0.6) is 0 Å². The first kappa shape index (κ1) is 12.6. The van der Waals surface area contributed by atoms with Gasteiger partial charge in [-0.1, -0.05) is 25.0 Å². The normalized spacial score (nSPS) is 19.5. The molecule has 2 nitrogen and oxygen atoms in total. The summed E-state index contributed by atoms with van der Waals surface area (Å²) in [5, 5.41) is 0. The van der Waals surface area contributed by atoms with E-state index in [-0.39, 0.29) is 11.7 Å². The van der Waals surface area contributed by atoms with Crippen molar-refractivity contribution in [3.8, 4) is 0 Å². The zero-order valence-electron chi connectivity index (χ0n) is 11.2. The Morgan fingerprint density at radius 3 is 2.84 bits per heavy atom. The number of carbonyl (C=O) groups is 1. The van der Waals surface area contributed by atoms with Gasteiger partial charge >= 0.3 is 0 Å². The molecule has 0 saturated heterocycles. The molecule has 3 rings (SSSR count). The molecule has 1 saturated carbocycles. The summed E-state index contributed by atoms with van der Waals surface area (Å²) in [4.78, 5) is 14.1. The van der Waals surface area contributed by atoms with E-state index in [0.29, 0.717) is 24.6 Å². The third-order valence-corrected chi connectivity index (χ3v) is 4.41. The summed E-state index contributed by atoms with van der Waals surface area (Å²) in [6.45, 7) is 0.666. The van der Waals surface area contributed by atoms with Crippen molar-refractivity contribution in [1.82, 2.24) is 0 Å². The van der Waals surface area contributed by atoms with Crippen LogP contribution >= 0.6 is 0 Å². The summed E-state index contributed by atoms with van der Waals surface area (Å²) in [6, 6.07) is 5.13. The smallest absolute Gasteiger partial charge is 0.227 e. The Kier molecular flexibility index (Phi) is 3.54. The van der Waals surface area contributed by atoms with E-state index in [0.717, 1.165) is 31.2 Å². The number of hydrogen-bond donors (Lipinski definition) is 0. The molecule has 102 valence electrons. The van der Waals surface area contributed by atoms with Crippen LogP contribution in [0.25, 0.3) is 0 Å². The molecule has 0 N–H and O–H groups in total. The molecule has 0 unspecified atom stereocenters. The number of amides is 1.